The summed E-state index contributed by atoms with van der Waals surface area (Å²) in [5.41, 5.74) is 0. The van der Waals surface area contributed by atoms with Crippen LogP contribution in [-0.4, -0.2) is 23.3 Å². The molecule has 0 spiro atoms. The molecule has 20 heavy (non-hydrogen) atoms. The van der Waals surface area contributed by atoms with Gasteiger partial charge in [0.1, 0.15) is 10.0 Å². The Morgan fingerprint density at radius 3 is 2.70 bits per heavy atom. The van der Waals surface area contributed by atoms with Gasteiger partial charge >= 0.3 is 0 Å². The highest BCUT2D eigenvalue weighted by molar-refractivity contribution is 7.11. The quantitative estimate of drug-likeness (QED) is 0.784. The second kappa shape index (κ2) is 5.38. The van der Waals surface area contributed by atoms with Crippen molar-refractivity contribution in [2.75, 3.05) is 13.1 Å². The summed E-state index contributed by atoms with van der Waals surface area (Å²) < 4.78 is 0. The van der Waals surface area contributed by atoms with E-state index in [0.29, 0.717) is 0 Å². The molecule has 0 aliphatic heterocycles. The second-order valence-corrected chi connectivity index (χ2v) is 7.99. The van der Waals surface area contributed by atoms with Crippen molar-refractivity contribution in [3.05, 3.63) is 10.0 Å². The van der Waals surface area contributed by atoms with Gasteiger partial charge in [-0.3, -0.25) is 0 Å². The Kier molecular flexibility index (Phi) is 3.55. The fourth-order valence-corrected chi connectivity index (χ4v) is 5.93. The van der Waals surface area contributed by atoms with Crippen molar-refractivity contribution < 1.29 is 0 Å². The Morgan fingerprint density at radius 1 is 1.15 bits per heavy atom. The average molecular weight is 291 g/mol. The third-order valence-electron chi connectivity index (χ3n) is 5.67. The molecule has 0 aromatic carbocycles. The number of rotatable bonds is 7. The first kappa shape index (κ1) is 13.2. The molecule has 4 heteroatoms. The van der Waals surface area contributed by atoms with E-state index in [0.717, 1.165) is 49.1 Å². The van der Waals surface area contributed by atoms with Gasteiger partial charge in [0.15, 0.2) is 0 Å². The molecular weight excluding hydrogens is 266 g/mol. The monoisotopic (exact) mass is 291 g/mol. The van der Waals surface area contributed by atoms with Gasteiger partial charge in [-0.1, -0.05) is 6.92 Å². The summed E-state index contributed by atoms with van der Waals surface area (Å²) in [6, 6.07) is 0. The van der Waals surface area contributed by atoms with Gasteiger partial charge in [0.2, 0.25) is 0 Å². The highest BCUT2D eigenvalue weighted by Gasteiger charge is 2.66. The average Bonchev–Trinajstić information content (AvgIpc) is 2.87. The minimum atomic E-state index is 0.811. The van der Waals surface area contributed by atoms with E-state index >= 15 is 0 Å². The van der Waals surface area contributed by atoms with Crippen molar-refractivity contribution in [2.45, 2.75) is 51.4 Å². The van der Waals surface area contributed by atoms with Gasteiger partial charge in [-0.15, -0.1) is 21.5 Å². The molecule has 4 atom stereocenters. The normalized spacial score (nSPS) is 37.4. The van der Waals surface area contributed by atoms with Gasteiger partial charge in [0.25, 0.3) is 0 Å². The standard InChI is InChI=1S/C16H25N3S/c1-2-7-17-8-3-4-12-18-19-16(20-12)15-13-10-5-6-11(9-10)14(13)15/h10-11,13-15,17H,2-9H2,1H3. The number of aryl methyl sites for hydroxylation is 1. The van der Waals surface area contributed by atoms with Crippen molar-refractivity contribution in [1.82, 2.24) is 15.5 Å². The van der Waals surface area contributed by atoms with E-state index in [4.69, 9.17) is 0 Å². The number of aromatic nitrogens is 2. The Morgan fingerprint density at radius 2 is 1.95 bits per heavy atom. The first-order valence-corrected chi connectivity index (χ1v) is 9.23. The van der Waals surface area contributed by atoms with Crippen molar-refractivity contribution in [2.24, 2.45) is 23.7 Å². The lowest BCUT2D eigenvalue weighted by molar-refractivity contribution is 0.456. The van der Waals surface area contributed by atoms with Gasteiger partial charge < -0.3 is 5.32 Å². The Labute approximate surface area is 125 Å². The minimum absolute atomic E-state index is 0.811. The molecule has 0 amide bonds. The van der Waals surface area contributed by atoms with Crippen LogP contribution in [0.3, 0.4) is 0 Å². The molecule has 2 bridgehead atoms. The number of hydrogen-bond acceptors (Lipinski definition) is 4. The topological polar surface area (TPSA) is 37.8 Å². The fraction of sp³-hybridized carbons (Fsp3) is 0.875. The molecule has 4 unspecified atom stereocenters. The summed E-state index contributed by atoms with van der Waals surface area (Å²) >= 11 is 1.91. The summed E-state index contributed by atoms with van der Waals surface area (Å²) in [4.78, 5) is 0. The lowest BCUT2D eigenvalue weighted by atomic mass is 10.0. The van der Waals surface area contributed by atoms with E-state index in [1.54, 1.807) is 0 Å². The Balaban J connectivity index is 1.29. The molecule has 0 radical (unpaired) electrons. The summed E-state index contributed by atoms with van der Waals surface area (Å²) in [7, 11) is 0. The molecule has 110 valence electrons. The highest BCUT2D eigenvalue weighted by atomic mass is 32.1. The molecule has 0 saturated heterocycles. The van der Waals surface area contributed by atoms with Crippen LogP contribution in [0.2, 0.25) is 0 Å². The minimum Gasteiger partial charge on any atom is -0.317 e. The van der Waals surface area contributed by atoms with Crippen molar-refractivity contribution in [3.8, 4) is 0 Å². The predicted octanol–water partition coefficient (Wildman–Crippen LogP) is 3.23. The molecule has 1 aromatic heterocycles. The van der Waals surface area contributed by atoms with Crippen molar-refractivity contribution in [3.63, 3.8) is 0 Å². The van der Waals surface area contributed by atoms with Crippen LogP contribution in [0.1, 0.15) is 55.0 Å². The third kappa shape index (κ3) is 2.21. The van der Waals surface area contributed by atoms with E-state index in [9.17, 15) is 0 Å². The van der Waals surface area contributed by atoms with Crippen LogP contribution >= 0.6 is 11.3 Å². The van der Waals surface area contributed by atoms with Crippen LogP contribution in [0.15, 0.2) is 0 Å². The number of nitrogens with zero attached hydrogens (tertiary/aromatic N) is 2. The third-order valence-corrected chi connectivity index (χ3v) is 6.76. The smallest absolute Gasteiger partial charge is 0.121 e. The second-order valence-electron chi connectivity index (χ2n) is 6.90. The zero-order valence-corrected chi connectivity index (χ0v) is 13.2. The molecular formula is C16H25N3S. The maximum absolute atomic E-state index is 4.52. The van der Waals surface area contributed by atoms with Crippen molar-refractivity contribution in [1.29, 1.82) is 0 Å². The summed E-state index contributed by atoms with van der Waals surface area (Å²) in [5.74, 6) is 4.90. The first-order chi connectivity index (χ1) is 9.88. The predicted molar refractivity (Wildman–Crippen MR) is 81.9 cm³/mol. The molecule has 3 aliphatic rings. The lowest BCUT2D eigenvalue weighted by Crippen LogP contribution is -2.16. The van der Waals surface area contributed by atoms with Crippen LogP contribution in [0.25, 0.3) is 0 Å². The van der Waals surface area contributed by atoms with E-state index < -0.39 is 0 Å². The van der Waals surface area contributed by atoms with Crippen molar-refractivity contribution >= 4 is 11.3 Å². The molecule has 3 fully saturated rings. The zero-order valence-electron chi connectivity index (χ0n) is 12.3. The van der Waals surface area contributed by atoms with Crippen LogP contribution in [0, 0.1) is 23.7 Å². The van der Waals surface area contributed by atoms with Crippen LogP contribution in [0.4, 0.5) is 0 Å². The van der Waals surface area contributed by atoms with Crippen LogP contribution in [0.5, 0.6) is 0 Å². The van der Waals surface area contributed by atoms with E-state index in [1.807, 2.05) is 11.3 Å². The van der Waals surface area contributed by atoms with E-state index in [2.05, 4.69) is 22.4 Å². The zero-order chi connectivity index (χ0) is 13.5. The number of fused-ring (bicyclic) bond motifs is 5. The Hall–Kier alpha value is -0.480. The maximum Gasteiger partial charge on any atom is 0.121 e. The van der Waals surface area contributed by atoms with Gasteiger partial charge in [-0.2, -0.15) is 0 Å². The number of hydrogen-bond donors (Lipinski definition) is 1. The van der Waals surface area contributed by atoms with Gasteiger partial charge in [-0.25, -0.2) is 0 Å². The summed E-state index contributed by atoms with van der Waals surface area (Å²) in [6.45, 7) is 4.46. The maximum atomic E-state index is 4.52. The molecule has 1 aromatic rings. The van der Waals surface area contributed by atoms with E-state index in [-0.39, 0.29) is 0 Å². The molecule has 3 nitrogen and oxygen atoms in total. The number of nitrogens with one attached hydrogen (secondary N) is 1. The first-order valence-electron chi connectivity index (χ1n) is 8.41. The van der Waals surface area contributed by atoms with Gasteiger partial charge in [-0.05, 0) is 68.9 Å². The summed E-state index contributed by atoms with van der Waals surface area (Å²) in [6.07, 6.45) is 8.03. The summed E-state index contributed by atoms with van der Waals surface area (Å²) in [5, 5.41) is 15.0. The molecule has 1 heterocycles. The van der Waals surface area contributed by atoms with Crippen LogP contribution < -0.4 is 5.32 Å². The van der Waals surface area contributed by atoms with E-state index in [1.165, 1.54) is 42.1 Å². The van der Waals surface area contributed by atoms with Crippen LogP contribution in [-0.2, 0) is 6.42 Å². The largest absolute Gasteiger partial charge is 0.317 e. The fourth-order valence-electron chi connectivity index (χ4n) is 4.82. The molecule has 4 rings (SSSR count). The Bertz CT molecular complexity index is 456. The lowest BCUT2D eigenvalue weighted by Gasteiger charge is -2.04. The molecule has 3 aliphatic carbocycles. The SMILES string of the molecule is CCCNCCCc1nnc(C2C3C4CCC(C4)C23)s1. The highest BCUT2D eigenvalue weighted by Crippen LogP contribution is 2.73. The van der Waals surface area contributed by atoms with Gasteiger partial charge in [0, 0.05) is 12.3 Å². The van der Waals surface area contributed by atoms with Gasteiger partial charge in [0.05, 0.1) is 0 Å². The molecule has 3 saturated carbocycles. The molecule has 1 N–H and O–H groups in total.